The summed E-state index contributed by atoms with van der Waals surface area (Å²) in [5, 5.41) is 11.2. The summed E-state index contributed by atoms with van der Waals surface area (Å²) in [6, 6.07) is 3.23. The Kier molecular flexibility index (Phi) is 8.11. The van der Waals surface area contributed by atoms with Gasteiger partial charge in [-0.05, 0) is 76.0 Å². The highest BCUT2D eigenvalue weighted by molar-refractivity contribution is 6.30. The quantitative estimate of drug-likeness (QED) is 0.485. The summed E-state index contributed by atoms with van der Waals surface area (Å²) >= 11 is 5.80. The normalized spacial score (nSPS) is 17.6. The maximum atomic E-state index is 15.2. The van der Waals surface area contributed by atoms with Gasteiger partial charge in [0, 0.05) is 23.5 Å². The number of piperidine rings is 1. The van der Waals surface area contributed by atoms with Crippen LogP contribution in [0.15, 0.2) is 24.5 Å². The molecule has 1 fully saturated rings. The molecule has 1 aliphatic heterocycles. The lowest BCUT2D eigenvalue weighted by molar-refractivity contribution is 0.0103. The lowest BCUT2D eigenvalue weighted by atomic mass is 9.78. The molecule has 0 bridgehead atoms. The second-order valence-electron chi connectivity index (χ2n) is 8.39. The smallest absolute Gasteiger partial charge is 0.150 e. The predicted molar refractivity (Wildman–Crippen MR) is 119 cm³/mol. The highest BCUT2D eigenvalue weighted by Gasteiger charge is 2.29. The molecule has 3 rings (SSSR count). The van der Waals surface area contributed by atoms with E-state index in [0.717, 1.165) is 37.9 Å². The van der Waals surface area contributed by atoms with E-state index in [1.807, 2.05) is 0 Å². The largest absolute Gasteiger partial charge is 0.374 e. The number of aliphatic hydroxyl groups excluding tert-OH is 1. The van der Waals surface area contributed by atoms with Crippen molar-refractivity contribution in [3.05, 3.63) is 57.9 Å². The van der Waals surface area contributed by atoms with Gasteiger partial charge in [0.2, 0.25) is 0 Å². The van der Waals surface area contributed by atoms with E-state index in [1.165, 1.54) is 23.4 Å². The van der Waals surface area contributed by atoms with Crippen LogP contribution in [0.25, 0.3) is 0 Å². The Morgan fingerprint density at radius 3 is 2.55 bits per heavy atom. The molecule has 2 aromatic rings. The number of halogens is 2. The molecule has 0 saturated carbocycles. The standard InChI is InChI=1S/C23H30ClFN4O2/c1-4-19(15-5-7-28(2)8-6-15)16-9-17(14-30)22(20(25)10-16)23(31)29(3)13-21-26-11-18(24)12-27-21/h9-12,14-15,19,23,31H,4-8,13H2,1-3H3/t19-,23+/m0/s1. The average molecular weight is 449 g/mol. The topological polar surface area (TPSA) is 69.6 Å². The van der Waals surface area contributed by atoms with E-state index >= 15 is 4.39 Å². The number of hydrogen-bond acceptors (Lipinski definition) is 6. The summed E-state index contributed by atoms with van der Waals surface area (Å²) in [5.41, 5.74) is 0.988. The number of carbonyl (C=O) groups excluding carboxylic acids is 1. The minimum atomic E-state index is -1.31. The SMILES string of the molecule is CC[C@H](c1cc(F)c([C@@H](O)N(C)Cc2ncc(Cl)cn2)c(C=O)c1)C1CCN(C)CC1. The zero-order valence-electron chi connectivity index (χ0n) is 18.3. The first kappa shape index (κ1) is 23.7. The predicted octanol–water partition coefficient (Wildman–Crippen LogP) is 4.04. The number of nitrogens with zero attached hydrogens (tertiary/aromatic N) is 4. The molecule has 1 saturated heterocycles. The second kappa shape index (κ2) is 10.6. The third-order valence-electron chi connectivity index (χ3n) is 6.25. The molecule has 1 aromatic carbocycles. The molecule has 0 unspecified atom stereocenters. The van der Waals surface area contributed by atoms with Gasteiger partial charge in [-0.2, -0.15) is 0 Å². The molecule has 8 heteroatoms. The lowest BCUT2D eigenvalue weighted by Gasteiger charge is -2.34. The van der Waals surface area contributed by atoms with Crippen molar-refractivity contribution in [3.63, 3.8) is 0 Å². The van der Waals surface area contributed by atoms with Crippen LogP contribution in [0.1, 0.15) is 65.6 Å². The minimum Gasteiger partial charge on any atom is -0.374 e. The van der Waals surface area contributed by atoms with E-state index in [4.69, 9.17) is 11.6 Å². The zero-order chi connectivity index (χ0) is 22.5. The van der Waals surface area contributed by atoms with Crippen molar-refractivity contribution in [3.8, 4) is 0 Å². The number of carbonyl (C=O) groups is 1. The van der Waals surface area contributed by atoms with Gasteiger partial charge in [-0.15, -0.1) is 0 Å². The van der Waals surface area contributed by atoms with Gasteiger partial charge in [-0.1, -0.05) is 18.5 Å². The fourth-order valence-electron chi connectivity index (χ4n) is 4.47. The average Bonchev–Trinajstić information content (AvgIpc) is 2.76. The fraction of sp³-hybridized carbons (Fsp3) is 0.522. The summed E-state index contributed by atoms with van der Waals surface area (Å²) in [7, 11) is 3.74. The van der Waals surface area contributed by atoms with Gasteiger partial charge in [-0.25, -0.2) is 14.4 Å². The molecule has 0 amide bonds. The van der Waals surface area contributed by atoms with Crippen molar-refractivity contribution in [1.82, 2.24) is 19.8 Å². The first-order chi connectivity index (χ1) is 14.8. The van der Waals surface area contributed by atoms with Crippen LogP contribution < -0.4 is 0 Å². The maximum absolute atomic E-state index is 15.2. The van der Waals surface area contributed by atoms with E-state index in [1.54, 1.807) is 13.1 Å². The Morgan fingerprint density at radius 1 is 1.32 bits per heavy atom. The molecule has 1 aromatic heterocycles. The van der Waals surface area contributed by atoms with E-state index < -0.39 is 12.0 Å². The van der Waals surface area contributed by atoms with Crippen LogP contribution in [-0.2, 0) is 6.54 Å². The highest BCUT2D eigenvalue weighted by Crippen LogP contribution is 2.37. The number of benzene rings is 1. The van der Waals surface area contributed by atoms with E-state index in [-0.39, 0.29) is 23.6 Å². The molecule has 0 aliphatic carbocycles. The Bertz CT molecular complexity index is 888. The van der Waals surface area contributed by atoms with Gasteiger partial charge in [0.1, 0.15) is 17.9 Å². The van der Waals surface area contributed by atoms with Gasteiger partial charge < -0.3 is 10.0 Å². The van der Waals surface area contributed by atoms with Gasteiger partial charge in [0.15, 0.2) is 6.29 Å². The first-order valence-corrected chi connectivity index (χ1v) is 11.0. The van der Waals surface area contributed by atoms with E-state index in [0.29, 0.717) is 23.1 Å². The molecule has 0 radical (unpaired) electrons. The van der Waals surface area contributed by atoms with Crippen LogP contribution in [0.3, 0.4) is 0 Å². The van der Waals surface area contributed by atoms with Crippen LogP contribution >= 0.6 is 11.6 Å². The number of aldehydes is 1. The summed E-state index contributed by atoms with van der Waals surface area (Å²) < 4.78 is 15.2. The van der Waals surface area contributed by atoms with Crippen molar-refractivity contribution in [2.75, 3.05) is 27.2 Å². The van der Waals surface area contributed by atoms with Crippen molar-refractivity contribution >= 4 is 17.9 Å². The fourth-order valence-corrected chi connectivity index (χ4v) is 4.57. The van der Waals surface area contributed by atoms with Crippen LogP contribution in [0.4, 0.5) is 4.39 Å². The van der Waals surface area contributed by atoms with Gasteiger partial charge in [0.05, 0.1) is 11.6 Å². The molecule has 0 spiro atoms. The Labute approximate surface area is 188 Å². The Balaban J connectivity index is 1.84. The number of rotatable bonds is 8. The third-order valence-corrected chi connectivity index (χ3v) is 6.45. The molecule has 31 heavy (non-hydrogen) atoms. The number of hydrogen-bond donors (Lipinski definition) is 1. The van der Waals surface area contributed by atoms with Crippen LogP contribution in [-0.4, -0.2) is 58.3 Å². The van der Waals surface area contributed by atoms with Gasteiger partial charge in [-0.3, -0.25) is 9.69 Å². The first-order valence-electron chi connectivity index (χ1n) is 10.7. The van der Waals surface area contributed by atoms with Crippen LogP contribution in [0, 0.1) is 11.7 Å². The van der Waals surface area contributed by atoms with Crippen molar-refractivity contribution in [2.24, 2.45) is 5.92 Å². The van der Waals surface area contributed by atoms with E-state index in [2.05, 4.69) is 28.8 Å². The second-order valence-corrected chi connectivity index (χ2v) is 8.82. The van der Waals surface area contributed by atoms with E-state index in [9.17, 15) is 9.90 Å². The molecular weight excluding hydrogens is 419 g/mol. The molecular formula is C23H30ClFN4O2. The van der Waals surface area contributed by atoms with Crippen LogP contribution in [0.5, 0.6) is 0 Å². The lowest BCUT2D eigenvalue weighted by Crippen LogP contribution is -2.32. The third kappa shape index (κ3) is 5.66. The number of likely N-dealkylation sites (tertiary alicyclic amines) is 1. The van der Waals surface area contributed by atoms with Crippen molar-refractivity contribution < 1.29 is 14.3 Å². The zero-order valence-corrected chi connectivity index (χ0v) is 19.0. The van der Waals surface area contributed by atoms with Crippen molar-refractivity contribution in [2.45, 2.75) is 44.9 Å². The number of aliphatic hydroxyl groups is 1. The van der Waals surface area contributed by atoms with Gasteiger partial charge in [0.25, 0.3) is 0 Å². The molecule has 2 heterocycles. The Morgan fingerprint density at radius 2 is 1.97 bits per heavy atom. The maximum Gasteiger partial charge on any atom is 0.150 e. The molecule has 1 aliphatic rings. The monoisotopic (exact) mass is 448 g/mol. The summed E-state index contributed by atoms with van der Waals surface area (Å²) in [6.07, 6.45) is 5.23. The van der Waals surface area contributed by atoms with Gasteiger partial charge >= 0.3 is 0 Å². The Hall–Kier alpha value is -1.93. The minimum absolute atomic E-state index is 0.0200. The summed E-state index contributed by atoms with van der Waals surface area (Å²) in [5.74, 6) is 0.514. The molecule has 6 nitrogen and oxygen atoms in total. The van der Waals surface area contributed by atoms with Crippen molar-refractivity contribution in [1.29, 1.82) is 0 Å². The molecule has 2 atom stereocenters. The highest BCUT2D eigenvalue weighted by atomic mass is 35.5. The summed E-state index contributed by atoms with van der Waals surface area (Å²) in [6.45, 7) is 4.33. The van der Waals surface area contributed by atoms with Crippen LogP contribution in [0.2, 0.25) is 5.02 Å². The molecule has 1 N–H and O–H groups in total. The summed E-state index contributed by atoms with van der Waals surface area (Å²) in [4.78, 5) is 23.8. The number of aromatic nitrogens is 2. The molecule has 168 valence electrons.